The lowest BCUT2D eigenvalue weighted by Gasteiger charge is -2.58. The molecule has 5 rings (SSSR count). The van der Waals surface area contributed by atoms with E-state index in [2.05, 4.69) is 16.2 Å². The lowest BCUT2D eigenvalue weighted by molar-refractivity contribution is -0.149. The average molecular weight is 475 g/mol. The Bertz CT molecular complexity index is 1320. The molecule has 0 unspecified atom stereocenters. The molecular weight excluding hydrogens is 448 g/mol. The summed E-state index contributed by atoms with van der Waals surface area (Å²) in [7, 11) is 0. The summed E-state index contributed by atoms with van der Waals surface area (Å²) < 4.78 is 2.09. The number of rotatable bonds is 5. The zero-order valence-corrected chi connectivity index (χ0v) is 20.1. The van der Waals surface area contributed by atoms with E-state index in [9.17, 15) is 4.79 Å². The van der Waals surface area contributed by atoms with Crippen LogP contribution in [0.3, 0.4) is 0 Å². The van der Waals surface area contributed by atoms with Crippen molar-refractivity contribution >= 4 is 29.4 Å². The van der Waals surface area contributed by atoms with E-state index >= 15 is 0 Å². The Hall–Kier alpha value is -3.45. The molecule has 0 bridgehead atoms. The third-order valence-electron chi connectivity index (χ3n) is 7.22. The first-order valence-corrected chi connectivity index (χ1v) is 11.7. The minimum absolute atomic E-state index is 0.00338. The van der Waals surface area contributed by atoms with Gasteiger partial charge in [0.15, 0.2) is 0 Å². The Labute approximate surface area is 203 Å². The van der Waals surface area contributed by atoms with Crippen LogP contribution in [0.4, 0.5) is 5.69 Å². The van der Waals surface area contributed by atoms with Crippen LogP contribution in [0.2, 0.25) is 5.02 Å². The maximum atomic E-state index is 11.9. The van der Waals surface area contributed by atoms with E-state index in [-0.39, 0.29) is 17.4 Å². The lowest BCUT2D eigenvalue weighted by Crippen LogP contribution is -2.63. The summed E-state index contributed by atoms with van der Waals surface area (Å²) in [6.07, 6.45) is 8.09. The van der Waals surface area contributed by atoms with Gasteiger partial charge < -0.3 is 16.0 Å². The van der Waals surface area contributed by atoms with Crippen LogP contribution >= 0.6 is 11.6 Å². The summed E-state index contributed by atoms with van der Waals surface area (Å²) >= 11 is 6.83. The van der Waals surface area contributed by atoms with Gasteiger partial charge in [0, 0.05) is 70.7 Å². The van der Waals surface area contributed by atoms with Crippen LogP contribution in [0.5, 0.6) is 0 Å². The largest absolute Gasteiger partial charge is 0.398 e. The van der Waals surface area contributed by atoms with E-state index in [0.717, 1.165) is 59.6 Å². The molecule has 2 aliphatic rings. The highest BCUT2D eigenvalue weighted by Gasteiger charge is 2.54. The number of likely N-dealkylation sites (tertiary alicyclic amines) is 1. The van der Waals surface area contributed by atoms with Crippen molar-refractivity contribution in [3.8, 4) is 22.4 Å². The molecular formula is C26H27ClN6O. The van der Waals surface area contributed by atoms with Crippen molar-refractivity contribution in [2.45, 2.75) is 32.7 Å². The summed E-state index contributed by atoms with van der Waals surface area (Å²) in [5.41, 5.74) is 12.7. The van der Waals surface area contributed by atoms with Crippen LogP contribution in [0.15, 0.2) is 43.2 Å². The fraction of sp³-hybridized carbons (Fsp3) is 0.308. The summed E-state index contributed by atoms with van der Waals surface area (Å²) in [5, 5.41) is 13.7. The molecule has 2 aromatic heterocycles. The topological polar surface area (TPSA) is 101 Å². The molecule has 1 aliphatic carbocycles. The molecule has 1 aliphatic heterocycles. The first-order valence-electron chi connectivity index (χ1n) is 11.3. The molecule has 1 saturated heterocycles. The van der Waals surface area contributed by atoms with E-state index in [1.165, 1.54) is 12.3 Å². The van der Waals surface area contributed by atoms with Gasteiger partial charge in [0.2, 0.25) is 5.91 Å². The minimum Gasteiger partial charge on any atom is -0.398 e. The van der Waals surface area contributed by atoms with Crippen LogP contribution in [0.1, 0.15) is 35.7 Å². The molecule has 3 aromatic rings. The molecule has 34 heavy (non-hydrogen) atoms. The van der Waals surface area contributed by atoms with Crippen LogP contribution < -0.4 is 5.73 Å². The van der Waals surface area contributed by atoms with Gasteiger partial charge in [0.25, 0.3) is 0 Å². The van der Waals surface area contributed by atoms with Gasteiger partial charge in [-0.1, -0.05) is 18.2 Å². The Morgan fingerprint density at radius 2 is 2.06 bits per heavy atom. The van der Waals surface area contributed by atoms with Crippen LogP contribution in [0.25, 0.3) is 22.4 Å². The first kappa shape index (κ1) is 22.3. The number of anilines is 1. The number of aromatic nitrogens is 3. The number of carbonyl (C=O) groups is 1. The van der Waals surface area contributed by atoms with Gasteiger partial charge in [-0.3, -0.25) is 14.5 Å². The molecule has 1 spiro atoms. The molecule has 7 nitrogen and oxygen atoms in total. The molecule has 0 atom stereocenters. The number of amides is 1. The third-order valence-corrected chi connectivity index (χ3v) is 7.71. The number of nitrogen functional groups attached to an aromatic ring is 1. The van der Waals surface area contributed by atoms with Gasteiger partial charge >= 0.3 is 0 Å². The summed E-state index contributed by atoms with van der Waals surface area (Å²) in [6.45, 7) is 9.10. The zero-order chi connectivity index (χ0) is 24.2. The highest BCUT2D eigenvalue weighted by atomic mass is 35.5. The number of hydrogen-bond donors (Lipinski definition) is 2. The second-order valence-electron chi connectivity index (χ2n) is 9.49. The van der Waals surface area contributed by atoms with Crippen LogP contribution in [0, 0.1) is 24.7 Å². The standard InChI is InChI=1S/C26H27ClN6O/c1-4-21(34)32-13-26(14-32)9-18(10-26)33-16(3)22(25(31-33)17-6-5-7-30-12-17)23-19(11-28)20(29)8-15(2)24(23)27/h4-8,11-12,18,28H,1,9-10,13-14,29H2,2-3H3. The fourth-order valence-electron chi connectivity index (χ4n) is 5.53. The number of nitrogens with zero attached hydrogens (tertiary/aromatic N) is 4. The number of nitrogens with two attached hydrogens (primary N) is 1. The third kappa shape index (κ3) is 3.34. The molecule has 1 aromatic carbocycles. The van der Waals surface area contributed by atoms with Gasteiger partial charge in [-0.15, -0.1) is 0 Å². The lowest BCUT2D eigenvalue weighted by atomic mass is 9.60. The van der Waals surface area contributed by atoms with Crippen molar-refractivity contribution in [2.75, 3.05) is 18.8 Å². The minimum atomic E-state index is -0.00338. The van der Waals surface area contributed by atoms with Gasteiger partial charge in [-0.05, 0) is 56.5 Å². The number of benzene rings is 1. The molecule has 1 amide bonds. The van der Waals surface area contributed by atoms with Gasteiger partial charge in [-0.25, -0.2) is 0 Å². The van der Waals surface area contributed by atoms with E-state index in [1.54, 1.807) is 18.5 Å². The molecule has 8 heteroatoms. The predicted molar refractivity (Wildman–Crippen MR) is 135 cm³/mol. The number of carbonyl (C=O) groups excluding carboxylic acids is 1. The first-order chi connectivity index (χ1) is 16.3. The number of aryl methyl sites for hydroxylation is 1. The summed E-state index contributed by atoms with van der Waals surface area (Å²) in [6, 6.07) is 5.90. The van der Waals surface area contributed by atoms with Crippen molar-refractivity contribution in [3.05, 3.63) is 65.1 Å². The van der Waals surface area contributed by atoms with Gasteiger partial charge in [0.1, 0.15) is 5.69 Å². The van der Waals surface area contributed by atoms with Gasteiger partial charge in [-0.2, -0.15) is 5.10 Å². The zero-order valence-electron chi connectivity index (χ0n) is 19.3. The predicted octanol–water partition coefficient (Wildman–Crippen LogP) is 4.81. The van der Waals surface area contributed by atoms with Crippen molar-refractivity contribution < 1.29 is 4.79 Å². The Morgan fingerprint density at radius 3 is 2.68 bits per heavy atom. The highest BCUT2D eigenvalue weighted by Crippen LogP contribution is 2.55. The smallest absolute Gasteiger partial charge is 0.245 e. The Kier molecular flexibility index (Phi) is 5.32. The molecule has 0 radical (unpaired) electrons. The van der Waals surface area contributed by atoms with Crippen molar-refractivity contribution in [1.82, 2.24) is 19.7 Å². The summed E-state index contributed by atoms with van der Waals surface area (Å²) in [5.74, 6) is -0.00338. The number of pyridine rings is 1. The fourth-order valence-corrected chi connectivity index (χ4v) is 5.78. The van der Waals surface area contributed by atoms with Crippen molar-refractivity contribution in [3.63, 3.8) is 0 Å². The molecule has 3 N–H and O–H groups in total. The Morgan fingerprint density at radius 1 is 1.32 bits per heavy atom. The van der Waals surface area contributed by atoms with E-state index < -0.39 is 0 Å². The SMILES string of the molecule is C=CC(=O)N1CC2(CC(n3nc(-c4cccnc4)c(-c4c(Cl)c(C)cc(N)c4C=N)c3C)C2)C1. The molecule has 174 valence electrons. The maximum Gasteiger partial charge on any atom is 0.245 e. The van der Waals surface area contributed by atoms with Crippen LogP contribution in [-0.4, -0.2) is 44.9 Å². The summed E-state index contributed by atoms with van der Waals surface area (Å²) in [4.78, 5) is 18.0. The Balaban J connectivity index is 1.59. The van der Waals surface area contributed by atoms with E-state index in [1.807, 2.05) is 30.9 Å². The van der Waals surface area contributed by atoms with E-state index in [0.29, 0.717) is 16.3 Å². The second kappa shape index (κ2) is 8.09. The average Bonchev–Trinajstić information content (AvgIpc) is 3.11. The quantitative estimate of drug-likeness (QED) is 0.314. The number of nitrogens with one attached hydrogen (secondary N) is 1. The number of halogens is 1. The normalized spacial score (nSPS) is 16.7. The highest BCUT2D eigenvalue weighted by molar-refractivity contribution is 6.35. The molecule has 1 saturated carbocycles. The van der Waals surface area contributed by atoms with Crippen LogP contribution in [-0.2, 0) is 4.79 Å². The van der Waals surface area contributed by atoms with Crippen molar-refractivity contribution in [2.24, 2.45) is 5.41 Å². The van der Waals surface area contributed by atoms with Crippen molar-refractivity contribution in [1.29, 1.82) is 5.41 Å². The molecule has 3 heterocycles. The monoisotopic (exact) mass is 474 g/mol. The second-order valence-corrected chi connectivity index (χ2v) is 9.86. The van der Waals surface area contributed by atoms with Gasteiger partial charge in [0.05, 0.1) is 11.1 Å². The maximum absolute atomic E-state index is 11.9. The molecule has 2 fully saturated rings. The van der Waals surface area contributed by atoms with E-state index in [4.69, 9.17) is 27.8 Å². The number of hydrogen-bond acceptors (Lipinski definition) is 5.